The molecule has 0 aliphatic heterocycles. The third kappa shape index (κ3) is 4.07. The number of nitrogens with zero attached hydrogens (tertiary/aromatic N) is 2. The summed E-state index contributed by atoms with van der Waals surface area (Å²) in [6.45, 7) is 4.12. The van der Waals surface area contributed by atoms with Gasteiger partial charge in [0.15, 0.2) is 0 Å². The van der Waals surface area contributed by atoms with Crippen LogP contribution in [0.4, 0.5) is 5.82 Å². The van der Waals surface area contributed by atoms with Gasteiger partial charge in [0, 0.05) is 6.04 Å². The average Bonchev–Trinajstić information content (AvgIpc) is 3.05. The molecule has 3 nitrogen and oxygen atoms in total. The van der Waals surface area contributed by atoms with E-state index in [1.807, 2.05) is 6.92 Å². The molecule has 0 bridgehead atoms. The van der Waals surface area contributed by atoms with E-state index in [-0.39, 0.29) is 0 Å². The Balaban J connectivity index is 1.96. The van der Waals surface area contributed by atoms with Crippen LogP contribution in [0.25, 0.3) is 11.1 Å². The average molecular weight is 344 g/mol. The third-order valence-corrected chi connectivity index (χ3v) is 4.98. The number of benzene rings is 1. The van der Waals surface area contributed by atoms with Gasteiger partial charge in [-0.15, -0.1) is 0 Å². The lowest BCUT2D eigenvalue weighted by Gasteiger charge is -2.18. The molecule has 1 fully saturated rings. The monoisotopic (exact) mass is 343 g/mol. The highest BCUT2D eigenvalue weighted by atomic mass is 35.5. The third-order valence-electron chi connectivity index (χ3n) is 4.71. The predicted molar refractivity (Wildman–Crippen MR) is 102 cm³/mol. The zero-order chi connectivity index (χ0) is 16.9. The molecule has 0 unspecified atom stereocenters. The maximum atomic E-state index is 6.52. The molecular formula is C20H26ClN3. The van der Waals surface area contributed by atoms with Crippen LogP contribution in [0.1, 0.15) is 56.8 Å². The molecule has 24 heavy (non-hydrogen) atoms. The van der Waals surface area contributed by atoms with Crippen molar-refractivity contribution >= 4 is 17.4 Å². The van der Waals surface area contributed by atoms with Gasteiger partial charge in [-0.2, -0.15) is 0 Å². The number of hydrogen-bond donors (Lipinski definition) is 1. The fourth-order valence-corrected chi connectivity index (χ4v) is 3.75. The van der Waals surface area contributed by atoms with Crippen molar-refractivity contribution in [2.45, 2.75) is 64.8 Å². The van der Waals surface area contributed by atoms with Crippen LogP contribution in [-0.2, 0) is 6.42 Å². The summed E-state index contributed by atoms with van der Waals surface area (Å²) in [5, 5.41) is 4.15. The van der Waals surface area contributed by atoms with E-state index in [4.69, 9.17) is 11.6 Å². The van der Waals surface area contributed by atoms with Crippen molar-refractivity contribution in [2.24, 2.45) is 0 Å². The first kappa shape index (κ1) is 17.2. The molecule has 4 heteroatoms. The maximum Gasteiger partial charge on any atom is 0.142 e. The van der Waals surface area contributed by atoms with E-state index in [0.717, 1.165) is 23.4 Å². The molecule has 0 radical (unpaired) electrons. The zero-order valence-corrected chi connectivity index (χ0v) is 15.4. The SMILES string of the molecule is CCCCc1cccc(-c2c(Cl)nc(C)nc2NC2CCCC2)c1. The fraction of sp³-hybridized carbons (Fsp3) is 0.500. The van der Waals surface area contributed by atoms with E-state index in [9.17, 15) is 0 Å². The Labute approximate surface area is 149 Å². The smallest absolute Gasteiger partial charge is 0.142 e. The number of hydrogen-bond acceptors (Lipinski definition) is 3. The maximum absolute atomic E-state index is 6.52. The van der Waals surface area contributed by atoms with Crippen LogP contribution in [0.2, 0.25) is 5.15 Å². The Morgan fingerprint density at radius 1 is 1.21 bits per heavy atom. The van der Waals surface area contributed by atoms with Gasteiger partial charge in [0.2, 0.25) is 0 Å². The number of unbranched alkanes of at least 4 members (excludes halogenated alkanes) is 1. The molecule has 0 spiro atoms. The van der Waals surface area contributed by atoms with Crippen LogP contribution in [0, 0.1) is 6.92 Å². The molecular weight excluding hydrogens is 318 g/mol. The molecule has 3 rings (SSSR count). The lowest BCUT2D eigenvalue weighted by atomic mass is 10.0. The van der Waals surface area contributed by atoms with Gasteiger partial charge < -0.3 is 5.32 Å². The summed E-state index contributed by atoms with van der Waals surface area (Å²) in [5.41, 5.74) is 3.39. The molecule has 0 saturated heterocycles. The molecule has 1 heterocycles. The van der Waals surface area contributed by atoms with Gasteiger partial charge in [-0.1, -0.05) is 62.1 Å². The zero-order valence-electron chi connectivity index (χ0n) is 14.6. The van der Waals surface area contributed by atoms with Crippen LogP contribution in [-0.4, -0.2) is 16.0 Å². The van der Waals surface area contributed by atoms with E-state index in [0.29, 0.717) is 17.0 Å². The van der Waals surface area contributed by atoms with E-state index in [2.05, 4.69) is 46.5 Å². The van der Waals surface area contributed by atoms with Crippen LogP contribution >= 0.6 is 11.6 Å². The second-order valence-corrected chi connectivity index (χ2v) is 7.07. The summed E-state index contributed by atoms with van der Waals surface area (Å²) < 4.78 is 0. The van der Waals surface area contributed by atoms with Crippen LogP contribution in [0.15, 0.2) is 24.3 Å². The highest BCUT2D eigenvalue weighted by Crippen LogP contribution is 2.35. The van der Waals surface area contributed by atoms with E-state index >= 15 is 0 Å². The Kier molecular flexibility index (Phi) is 5.72. The molecule has 1 saturated carbocycles. The summed E-state index contributed by atoms with van der Waals surface area (Å²) in [4.78, 5) is 9.05. The minimum Gasteiger partial charge on any atom is -0.367 e. The molecule has 0 atom stereocenters. The van der Waals surface area contributed by atoms with Crippen molar-refractivity contribution in [3.05, 3.63) is 40.8 Å². The number of aryl methyl sites for hydroxylation is 2. The first-order chi connectivity index (χ1) is 11.7. The van der Waals surface area contributed by atoms with Crippen LogP contribution < -0.4 is 5.32 Å². The first-order valence-electron chi connectivity index (χ1n) is 9.07. The molecule has 1 aliphatic carbocycles. The number of rotatable bonds is 6. The van der Waals surface area contributed by atoms with Crippen molar-refractivity contribution in [3.8, 4) is 11.1 Å². The highest BCUT2D eigenvalue weighted by molar-refractivity contribution is 6.32. The second-order valence-electron chi connectivity index (χ2n) is 6.71. The predicted octanol–water partition coefficient (Wildman–Crippen LogP) is 5.80. The summed E-state index contributed by atoms with van der Waals surface area (Å²) in [6, 6.07) is 9.13. The molecule has 1 N–H and O–H groups in total. The molecule has 1 aromatic heterocycles. The molecule has 128 valence electrons. The first-order valence-corrected chi connectivity index (χ1v) is 9.45. The second kappa shape index (κ2) is 7.98. The van der Waals surface area contributed by atoms with E-state index in [1.165, 1.54) is 44.1 Å². The van der Waals surface area contributed by atoms with Crippen molar-refractivity contribution in [1.29, 1.82) is 0 Å². The quantitative estimate of drug-likeness (QED) is 0.673. The minimum absolute atomic E-state index is 0.498. The van der Waals surface area contributed by atoms with Crippen LogP contribution in [0.3, 0.4) is 0 Å². The van der Waals surface area contributed by atoms with Crippen molar-refractivity contribution in [1.82, 2.24) is 9.97 Å². The van der Waals surface area contributed by atoms with Crippen molar-refractivity contribution < 1.29 is 0 Å². The van der Waals surface area contributed by atoms with Gasteiger partial charge in [0.05, 0.1) is 5.56 Å². The highest BCUT2D eigenvalue weighted by Gasteiger charge is 2.20. The minimum atomic E-state index is 0.498. The summed E-state index contributed by atoms with van der Waals surface area (Å²) in [5.74, 6) is 1.60. The largest absolute Gasteiger partial charge is 0.367 e. The van der Waals surface area contributed by atoms with Crippen LogP contribution in [0.5, 0.6) is 0 Å². The Morgan fingerprint density at radius 2 is 2.00 bits per heavy atom. The van der Waals surface area contributed by atoms with E-state index < -0.39 is 0 Å². The lowest BCUT2D eigenvalue weighted by Crippen LogP contribution is -2.17. The number of anilines is 1. The summed E-state index contributed by atoms with van der Waals surface area (Å²) in [6.07, 6.45) is 8.49. The summed E-state index contributed by atoms with van der Waals surface area (Å²) in [7, 11) is 0. The fourth-order valence-electron chi connectivity index (χ4n) is 3.43. The number of aromatic nitrogens is 2. The number of nitrogens with one attached hydrogen (secondary N) is 1. The van der Waals surface area contributed by atoms with Crippen molar-refractivity contribution in [2.75, 3.05) is 5.32 Å². The number of halogens is 1. The Morgan fingerprint density at radius 3 is 2.75 bits per heavy atom. The molecule has 0 amide bonds. The molecule has 2 aromatic rings. The normalized spacial score (nSPS) is 15.0. The Bertz CT molecular complexity index is 693. The van der Waals surface area contributed by atoms with Gasteiger partial charge in [0.25, 0.3) is 0 Å². The van der Waals surface area contributed by atoms with Gasteiger partial charge in [0.1, 0.15) is 16.8 Å². The topological polar surface area (TPSA) is 37.8 Å². The van der Waals surface area contributed by atoms with Gasteiger partial charge in [-0.25, -0.2) is 9.97 Å². The molecule has 1 aromatic carbocycles. The van der Waals surface area contributed by atoms with Gasteiger partial charge >= 0.3 is 0 Å². The van der Waals surface area contributed by atoms with Crippen molar-refractivity contribution in [3.63, 3.8) is 0 Å². The standard InChI is InChI=1S/C20H26ClN3/c1-3-4-8-15-9-7-10-16(13-15)18-19(21)22-14(2)23-20(18)24-17-11-5-6-12-17/h7,9-10,13,17H,3-6,8,11-12H2,1-2H3,(H,22,23,24). The van der Waals surface area contributed by atoms with Gasteiger partial charge in [-0.3, -0.25) is 0 Å². The lowest BCUT2D eigenvalue weighted by molar-refractivity contribution is 0.749. The summed E-state index contributed by atoms with van der Waals surface area (Å²) >= 11 is 6.52. The van der Waals surface area contributed by atoms with Gasteiger partial charge in [-0.05, 0) is 43.7 Å². The Hall–Kier alpha value is -1.61. The molecule has 1 aliphatic rings. The van der Waals surface area contributed by atoms with E-state index in [1.54, 1.807) is 0 Å².